The second kappa shape index (κ2) is 5.79. The summed E-state index contributed by atoms with van der Waals surface area (Å²) >= 11 is 6.78. The van der Waals surface area contributed by atoms with E-state index in [4.69, 9.17) is 0 Å². The van der Waals surface area contributed by atoms with Crippen molar-refractivity contribution in [3.63, 3.8) is 0 Å². The van der Waals surface area contributed by atoms with Gasteiger partial charge in [-0.05, 0) is 27.2 Å². The Morgan fingerprint density at radius 1 is 1.35 bits per heavy atom. The van der Waals surface area contributed by atoms with E-state index in [1.165, 1.54) is 11.3 Å². The number of nitrogens with zero attached hydrogens (tertiary/aromatic N) is 5. The number of hydrogen-bond acceptors (Lipinski definition) is 6. The van der Waals surface area contributed by atoms with Crippen molar-refractivity contribution in [2.24, 2.45) is 0 Å². The Morgan fingerprint density at radius 3 is 2.95 bits per heavy atom. The van der Waals surface area contributed by atoms with E-state index in [1.54, 1.807) is 12.4 Å². The molecule has 0 N–H and O–H groups in total. The van der Waals surface area contributed by atoms with Crippen molar-refractivity contribution in [3.05, 3.63) is 28.8 Å². The fourth-order valence-electron chi connectivity index (χ4n) is 1.63. The summed E-state index contributed by atoms with van der Waals surface area (Å²) in [5.74, 6) is 1.71. The summed E-state index contributed by atoms with van der Waals surface area (Å²) in [6, 6.07) is 2.00. The highest BCUT2D eigenvalue weighted by Gasteiger charge is 2.13. The molecule has 3 aromatic rings. The third-order valence-corrected chi connectivity index (χ3v) is 5.03. The first kappa shape index (κ1) is 14.0. The standard InChI is InChI=1S/C12H12BrN5S2/c1-7(2)19-6-10-15-16-12-18(10)17-11(20-12)8-3-9(13)5-14-4-8/h3-5,7H,6H2,1-2H3. The van der Waals surface area contributed by atoms with Crippen molar-refractivity contribution in [1.82, 2.24) is 24.8 Å². The van der Waals surface area contributed by atoms with Crippen LogP contribution < -0.4 is 0 Å². The van der Waals surface area contributed by atoms with Gasteiger partial charge in [0.05, 0.1) is 5.75 Å². The number of hydrogen-bond donors (Lipinski definition) is 0. The summed E-state index contributed by atoms with van der Waals surface area (Å²) in [6.45, 7) is 4.34. The Morgan fingerprint density at radius 2 is 2.20 bits per heavy atom. The Bertz CT molecular complexity index is 736. The maximum absolute atomic E-state index is 4.60. The lowest BCUT2D eigenvalue weighted by Gasteiger charge is -2.01. The lowest BCUT2D eigenvalue weighted by Crippen LogP contribution is -1.96. The van der Waals surface area contributed by atoms with Gasteiger partial charge in [0, 0.05) is 22.4 Å². The Labute approximate surface area is 133 Å². The molecule has 0 fully saturated rings. The van der Waals surface area contributed by atoms with Crippen LogP contribution in [-0.2, 0) is 5.75 Å². The van der Waals surface area contributed by atoms with Crippen LogP contribution in [-0.4, -0.2) is 30.0 Å². The quantitative estimate of drug-likeness (QED) is 0.702. The van der Waals surface area contributed by atoms with Gasteiger partial charge in [0.15, 0.2) is 5.82 Å². The first-order valence-electron chi connectivity index (χ1n) is 6.07. The zero-order chi connectivity index (χ0) is 14.1. The molecule has 0 saturated heterocycles. The molecule has 104 valence electrons. The second-order valence-electron chi connectivity index (χ2n) is 4.47. The molecule has 0 saturated carbocycles. The molecule has 0 spiro atoms. The van der Waals surface area contributed by atoms with Gasteiger partial charge in [-0.3, -0.25) is 4.98 Å². The van der Waals surface area contributed by atoms with E-state index in [1.807, 2.05) is 22.3 Å². The van der Waals surface area contributed by atoms with Crippen molar-refractivity contribution in [2.75, 3.05) is 0 Å². The predicted octanol–water partition coefficient (Wildman–Crippen LogP) is 3.65. The van der Waals surface area contributed by atoms with Crippen molar-refractivity contribution in [1.29, 1.82) is 0 Å². The van der Waals surface area contributed by atoms with E-state index in [0.29, 0.717) is 5.25 Å². The SMILES string of the molecule is CC(C)SCc1nnc2sc(-c3cncc(Br)c3)nn12. The molecule has 0 bridgehead atoms. The van der Waals surface area contributed by atoms with Gasteiger partial charge in [-0.1, -0.05) is 25.2 Å². The maximum Gasteiger partial charge on any atom is 0.235 e. The van der Waals surface area contributed by atoms with Gasteiger partial charge in [-0.2, -0.15) is 21.4 Å². The molecule has 0 aromatic carbocycles. The van der Waals surface area contributed by atoms with Gasteiger partial charge in [0.2, 0.25) is 4.96 Å². The molecule has 0 atom stereocenters. The van der Waals surface area contributed by atoms with E-state index < -0.39 is 0 Å². The van der Waals surface area contributed by atoms with Crippen molar-refractivity contribution >= 4 is 44.0 Å². The van der Waals surface area contributed by atoms with Gasteiger partial charge in [0.1, 0.15) is 5.01 Å². The van der Waals surface area contributed by atoms with Crippen molar-refractivity contribution in [2.45, 2.75) is 24.9 Å². The van der Waals surface area contributed by atoms with Crippen LogP contribution in [0.2, 0.25) is 0 Å². The Hall–Kier alpha value is -0.990. The summed E-state index contributed by atoms with van der Waals surface area (Å²) in [4.78, 5) is 4.99. The molecule has 20 heavy (non-hydrogen) atoms. The number of halogens is 1. The van der Waals surface area contributed by atoms with Crippen LogP contribution >= 0.6 is 39.0 Å². The highest BCUT2D eigenvalue weighted by molar-refractivity contribution is 9.10. The monoisotopic (exact) mass is 369 g/mol. The normalized spacial score (nSPS) is 11.6. The molecule has 3 rings (SSSR count). The summed E-state index contributed by atoms with van der Waals surface area (Å²) in [6.07, 6.45) is 3.56. The molecular weight excluding hydrogens is 358 g/mol. The van der Waals surface area contributed by atoms with Crippen molar-refractivity contribution in [3.8, 4) is 10.6 Å². The maximum atomic E-state index is 4.60. The average molecular weight is 370 g/mol. The topological polar surface area (TPSA) is 56.0 Å². The molecule has 3 aromatic heterocycles. The van der Waals surface area contributed by atoms with Crippen LogP contribution in [0.1, 0.15) is 19.7 Å². The molecule has 0 unspecified atom stereocenters. The van der Waals surface area contributed by atoms with Gasteiger partial charge in [0.25, 0.3) is 0 Å². The third kappa shape index (κ3) is 2.87. The second-order valence-corrected chi connectivity index (χ2v) is 7.91. The number of fused-ring (bicyclic) bond motifs is 1. The van der Waals surface area contributed by atoms with Crippen LogP contribution in [0.4, 0.5) is 0 Å². The summed E-state index contributed by atoms with van der Waals surface area (Å²) in [5, 5.41) is 14.4. The van der Waals surface area contributed by atoms with Crippen molar-refractivity contribution < 1.29 is 0 Å². The third-order valence-electron chi connectivity index (χ3n) is 2.55. The first-order valence-corrected chi connectivity index (χ1v) is 8.73. The Kier molecular flexibility index (Phi) is 4.04. The van der Waals surface area contributed by atoms with Gasteiger partial charge >= 0.3 is 0 Å². The van der Waals surface area contributed by atoms with E-state index in [-0.39, 0.29) is 0 Å². The molecule has 0 aliphatic carbocycles. The minimum absolute atomic E-state index is 0.565. The number of pyridine rings is 1. The van der Waals surface area contributed by atoms with Crippen LogP contribution in [0, 0.1) is 0 Å². The largest absolute Gasteiger partial charge is 0.263 e. The summed E-state index contributed by atoms with van der Waals surface area (Å²) in [5.41, 5.74) is 0.984. The number of aromatic nitrogens is 5. The number of rotatable bonds is 4. The lowest BCUT2D eigenvalue weighted by atomic mass is 10.3. The fourth-order valence-corrected chi connectivity index (χ4v) is 3.50. The fraction of sp³-hybridized carbons (Fsp3) is 0.333. The first-order chi connectivity index (χ1) is 9.63. The van der Waals surface area contributed by atoms with Crippen LogP contribution in [0.3, 0.4) is 0 Å². The molecule has 0 amide bonds. The zero-order valence-electron chi connectivity index (χ0n) is 10.9. The van der Waals surface area contributed by atoms with E-state index in [2.05, 4.69) is 50.1 Å². The highest BCUT2D eigenvalue weighted by Crippen LogP contribution is 2.27. The Balaban J connectivity index is 1.95. The predicted molar refractivity (Wildman–Crippen MR) is 86.0 cm³/mol. The van der Waals surface area contributed by atoms with Crippen LogP contribution in [0.5, 0.6) is 0 Å². The molecule has 0 aliphatic rings. The molecule has 3 heterocycles. The summed E-state index contributed by atoms with van der Waals surface area (Å²) < 4.78 is 2.77. The average Bonchev–Trinajstić information content (AvgIpc) is 2.96. The van der Waals surface area contributed by atoms with Crippen LogP contribution in [0.25, 0.3) is 15.5 Å². The van der Waals surface area contributed by atoms with Gasteiger partial charge in [-0.25, -0.2) is 0 Å². The minimum Gasteiger partial charge on any atom is -0.263 e. The molecule has 0 radical (unpaired) electrons. The smallest absolute Gasteiger partial charge is 0.235 e. The number of thioether (sulfide) groups is 1. The molecule has 0 aliphatic heterocycles. The molecular formula is C12H12BrN5S2. The minimum atomic E-state index is 0.565. The van der Waals surface area contributed by atoms with Gasteiger partial charge < -0.3 is 0 Å². The van der Waals surface area contributed by atoms with Crippen LogP contribution in [0.15, 0.2) is 22.9 Å². The highest BCUT2D eigenvalue weighted by atomic mass is 79.9. The summed E-state index contributed by atoms with van der Waals surface area (Å²) in [7, 11) is 0. The van der Waals surface area contributed by atoms with E-state index in [0.717, 1.165) is 31.6 Å². The zero-order valence-corrected chi connectivity index (χ0v) is 14.2. The lowest BCUT2D eigenvalue weighted by molar-refractivity contribution is 0.885. The molecule has 5 nitrogen and oxygen atoms in total. The van der Waals surface area contributed by atoms with E-state index in [9.17, 15) is 0 Å². The molecule has 8 heteroatoms. The van der Waals surface area contributed by atoms with Gasteiger partial charge in [-0.15, -0.1) is 10.2 Å². The van der Waals surface area contributed by atoms with E-state index >= 15 is 0 Å².